The van der Waals surface area contributed by atoms with E-state index in [1.54, 1.807) is 6.92 Å². The predicted octanol–water partition coefficient (Wildman–Crippen LogP) is -1.12. The molecule has 66 valence electrons. The second kappa shape index (κ2) is 3.06. The molecule has 1 rings (SSSR count). The van der Waals surface area contributed by atoms with Crippen molar-refractivity contribution >= 4 is 0 Å². The van der Waals surface area contributed by atoms with E-state index >= 15 is 0 Å². The molecule has 0 aromatic heterocycles. The number of ether oxygens (including phenoxy) is 1. The highest BCUT2D eigenvalue weighted by Crippen LogP contribution is 2.28. The van der Waals surface area contributed by atoms with Crippen LogP contribution in [0.2, 0.25) is 0 Å². The maximum absolute atomic E-state index is 9.37. The summed E-state index contributed by atoms with van der Waals surface area (Å²) in [5.41, 5.74) is -0.931. The van der Waals surface area contributed by atoms with Gasteiger partial charge in [-0.1, -0.05) is 6.92 Å². The third-order valence-corrected chi connectivity index (χ3v) is 2.31. The van der Waals surface area contributed by atoms with Gasteiger partial charge in [0.1, 0.15) is 17.8 Å². The lowest BCUT2D eigenvalue weighted by Gasteiger charge is -2.28. The summed E-state index contributed by atoms with van der Waals surface area (Å²) in [6.07, 6.45) is -1.32. The first kappa shape index (κ1) is 8.93. The van der Waals surface area contributed by atoms with Gasteiger partial charge in [-0.25, -0.2) is 0 Å². The van der Waals surface area contributed by atoms with Gasteiger partial charge in [-0.15, -0.1) is 0 Å². The fourth-order valence-electron chi connectivity index (χ4n) is 1.34. The van der Waals surface area contributed by atoms with Crippen LogP contribution in [0.1, 0.15) is 13.3 Å². The summed E-state index contributed by atoms with van der Waals surface area (Å²) < 4.78 is 5.11. The fraction of sp³-hybridized carbons (Fsp3) is 1.00. The van der Waals surface area contributed by atoms with Crippen molar-refractivity contribution in [2.75, 3.05) is 13.2 Å². The van der Waals surface area contributed by atoms with E-state index in [4.69, 9.17) is 14.9 Å². The SMILES string of the molecule is CCC1(CO)OCC(O)C1O. The van der Waals surface area contributed by atoms with Crippen LogP contribution in [-0.2, 0) is 4.74 Å². The van der Waals surface area contributed by atoms with Crippen LogP contribution in [0.3, 0.4) is 0 Å². The number of hydrogen-bond acceptors (Lipinski definition) is 4. The normalized spacial score (nSPS) is 44.7. The number of aliphatic hydroxyl groups excluding tert-OH is 3. The lowest BCUT2D eigenvalue weighted by atomic mass is 9.94. The van der Waals surface area contributed by atoms with E-state index in [1.165, 1.54) is 0 Å². The van der Waals surface area contributed by atoms with Crippen molar-refractivity contribution in [1.29, 1.82) is 0 Å². The molecule has 0 bridgehead atoms. The third-order valence-electron chi connectivity index (χ3n) is 2.31. The highest BCUT2D eigenvalue weighted by Gasteiger charge is 2.46. The molecule has 0 amide bonds. The van der Waals surface area contributed by atoms with Crippen LogP contribution in [-0.4, -0.2) is 46.3 Å². The summed E-state index contributed by atoms with van der Waals surface area (Å²) in [6, 6.07) is 0. The predicted molar refractivity (Wildman–Crippen MR) is 38.1 cm³/mol. The zero-order valence-corrected chi connectivity index (χ0v) is 6.53. The van der Waals surface area contributed by atoms with Gasteiger partial charge < -0.3 is 20.1 Å². The Kier molecular flexibility index (Phi) is 2.49. The molecule has 1 fully saturated rings. The maximum Gasteiger partial charge on any atom is 0.119 e. The lowest BCUT2D eigenvalue weighted by Crippen LogP contribution is -2.45. The molecular formula is C7H14O4. The standard InChI is InChI=1S/C7H14O4/c1-2-7(4-8)6(10)5(9)3-11-7/h5-6,8-10H,2-4H2,1H3. The third kappa shape index (κ3) is 1.27. The number of rotatable bonds is 2. The molecule has 0 aromatic carbocycles. The molecule has 4 heteroatoms. The number of aliphatic hydroxyl groups is 3. The van der Waals surface area contributed by atoms with E-state index < -0.39 is 17.8 Å². The molecule has 4 nitrogen and oxygen atoms in total. The zero-order valence-electron chi connectivity index (χ0n) is 6.53. The maximum atomic E-state index is 9.37. The zero-order chi connectivity index (χ0) is 8.48. The summed E-state index contributed by atoms with van der Waals surface area (Å²) in [6.45, 7) is 1.66. The first-order valence-electron chi connectivity index (χ1n) is 3.77. The fourth-order valence-corrected chi connectivity index (χ4v) is 1.34. The average molecular weight is 162 g/mol. The Labute approximate surface area is 65.4 Å². The van der Waals surface area contributed by atoms with Crippen LogP contribution < -0.4 is 0 Å². The summed E-state index contributed by atoms with van der Waals surface area (Å²) in [4.78, 5) is 0. The molecule has 0 spiro atoms. The Morgan fingerprint density at radius 3 is 2.36 bits per heavy atom. The highest BCUT2D eigenvalue weighted by atomic mass is 16.6. The topological polar surface area (TPSA) is 69.9 Å². The number of hydrogen-bond donors (Lipinski definition) is 3. The molecule has 1 saturated heterocycles. The first-order valence-corrected chi connectivity index (χ1v) is 3.77. The van der Waals surface area contributed by atoms with Gasteiger partial charge in [0.05, 0.1) is 13.2 Å². The Morgan fingerprint density at radius 1 is 1.55 bits per heavy atom. The smallest absolute Gasteiger partial charge is 0.119 e. The van der Waals surface area contributed by atoms with Crippen LogP contribution in [0.5, 0.6) is 0 Å². The second-order valence-corrected chi connectivity index (χ2v) is 2.90. The molecule has 3 unspecified atom stereocenters. The van der Waals surface area contributed by atoms with Gasteiger partial charge in [-0.05, 0) is 6.42 Å². The van der Waals surface area contributed by atoms with Gasteiger partial charge in [0.2, 0.25) is 0 Å². The first-order chi connectivity index (χ1) is 5.16. The van der Waals surface area contributed by atoms with Crippen molar-refractivity contribution < 1.29 is 20.1 Å². The summed E-state index contributed by atoms with van der Waals surface area (Å²) in [5.74, 6) is 0. The molecule has 11 heavy (non-hydrogen) atoms. The molecule has 3 atom stereocenters. The van der Waals surface area contributed by atoms with E-state index in [-0.39, 0.29) is 13.2 Å². The molecule has 0 aromatic rings. The minimum atomic E-state index is -0.961. The van der Waals surface area contributed by atoms with Crippen LogP contribution in [0.4, 0.5) is 0 Å². The Balaban J connectivity index is 2.69. The van der Waals surface area contributed by atoms with E-state index in [2.05, 4.69) is 0 Å². The highest BCUT2D eigenvalue weighted by molar-refractivity contribution is 4.96. The molecule has 3 N–H and O–H groups in total. The van der Waals surface area contributed by atoms with Gasteiger partial charge in [0, 0.05) is 0 Å². The minimum Gasteiger partial charge on any atom is -0.393 e. The van der Waals surface area contributed by atoms with E-state index in [0.29, 0.717) is 6.42 Å². The van der Waals surface area contributed by atoms with Gasteiger partial charge >= 0.3 is 0 Å². The monoisotopic (exact) mass is 162 g/mol. The minimum absolute atomic E-state index is 0.107. The van der Waals surface area contributed by atoms with Gasteiger partial charge in [-0.3, -0.25) is 0 Å². The van der Waals surface area contributed by atoms with Crippen molar-refractivity contribution in [1.82, 2.24) is 0 Å². The Bertz CT molecular complexity index is 132. The molecular weight excluding hydrogens is 148 g/mol. The summed E-state index contributed by atoms with van der Waals surface area (Å²) in [7, 11) is 0. The van der Waals surface area contributed by atoms with E-state index in [0.717, 1.165) is 0 Å². The van der Waals surface area contributed by atoms with Crippen LogP contribution in [0.15, 0.2) is 0 Å². The second-order valence-electron chi connectivity index (χ2n) is 2.90. The Hall–Kier alpha value is -0.160. The molecule has 0 aliphatic carbocycles. The van der Waals surface area contributed by atoms with Crippen molar-refractivity contribution in [3.05, 3.63) is 0 Å². The quantitative estimate of drug-likeness (QED) is 0.481. The molecule has 1 aliphatic rings. The summed E-state index contributed by atoms with van der Waals surface area (Å²) in [5, 5.41) is 27.4. The Morgan fingerprint density at radius 2 is 2.18 bits per heavy atom. The van der Waals surface area contributed by atoms with Crippen molar-refractivity contribution in [3.8, 4) is 0 Å². The van der Waals surface area contributed by atoms with Crippen molar-refractivity contribution in [2.24, 2.45) is 0 Å². The van der Waals surface area contributed by atoms with Crippen molar-refractivity contribution in [2.45, 2.75) is 31.2 Å². The van der Waals surface area contributed by atoms with E-state index in [9.17, 15) is 5.11 Å². The molecule has 1 aliphatic heterocycles. The molecule has 0 saturated carbocycles. The van der Waals surface area contributed by atoms with Crippen LogP contribution in [0, 0.1) is 0 Å². The molecule has 0 radical (unpaired) electrons. The van der Waals surface area contributed by atoms with Crippen molar-refractivity contribution in [3.63, 3.8) is 0 Å². The van der Waals surface area contributed by atoms with Gasteiger partial charge in [0.25, 0.3) is 0 Å². The van der Waals surface area contributed by atoms with Crippen LogP contribution in [0.25, 0.3) is 0 Å². The van der Waals surface area contributed by atoms with Crippen LogP contribution >= 0.6 is 0 Å². The lowest BCUT2D eigenvalue weighted by molar-refractivity contribution is -0.0965. The van der Waals surface area contributed by atoms with Gasteiger partial charge in [0.15, 0.2) is 0 Å². The van der Waals surface area contributed by atoms with E-state index in [1.807, 2.05) is 0 Å². The summed E-state index contributed by atoms with van der Waals surface area (Å²) >= 11 is 0. The largest absolute Gasteiger partial charge is 0.393 e. The molecule has 1 heterocycles. The average Bonchev–Trinajstić information content (AvgIpc) is 2.32. The van der Waals surface area contributed by atoms with Gasteiger partial charge in [-0.2, -0.15) is 0 Å².